The van der Waals surface area contributed by atoms with Gasteiger partial charge in [0.15, 0.2) is 0 Å². The van der Waals surface area contributed by atoms with Crippen LogP contribution in [0.3, 0.4) is 0 Å². The van der Waals surface area contributed by atoms with Crippen LogP contribution in [0.25, 0.3) is 0 Å². The molecule has 0 unspecified atom stereocenters. The van der Waals surface area contributed by atoms with Crippen molar-refractivity contribution in [3.63, 3.8) is 0 Å². The third-order valence-corrected chi connectivity index (χ3v) is 3.69. The zero-order chi connectivity index (χ0) is 14.8. The highest BCUT2D eigenvalue weighted by Gasteiger charge is 2.14. The molecule has 0 aromatic heterocycles. The van der Waals surface area contributed by atoms with Crippen LogP contribution in [0.1, 0.15) is 0 Å². The lowest BCUT2D eigenvalue weighted by Crippen LogP contribution is -2.15. The first-order valence-corrected chi connectivity index (χ1v) is 7.29. The number of ether oxygens (including phenoxy) is 1. The van der Waals surface area contributed by atoms with Gasteiger partial charge >= 0.3 is 0 Å². The van der Waals surface area contributed by atoms with Gasteiger partial charge in [-0.1, -0.05) is 12.1 Å². The molecule has 0 radical (unpaired) electrons. The van der Waals surface area contributed by atoms with Gasteiger partial charge in [0.25, 0.3) is 0 Å². The third-order valence-electron chi connectivity index (χ3n) is 2.72. The smallest absolute Gasteiger partial charge is 0.240 e. The summed E-state index contributed by atoms with van der Waals surface area (Å²) in [6.07, 6.45) is 0. The molecule has 0 amide bonds. The molecule has 2 aromatic carbocycles. The maximum Gasteiger partial charge on any atom is 0.240 e. The van der Waals surface area contributed by atoms with Crippen LogP contribution in [0.4, 0.5) is 17.1 Å². The Balaban J connectivity index is 2.39. The average molecular weight is 293 g/mol. The lowest BCUT2D eigenvalue weighted by atomic mass is 10.2. The first-order chi connectivity index (χ1) is 9.41. The molecule has 5 N–H and O–H groups in total. The Hall–Kier alpha value is -2.25. The standard InChI is InChI=1S/C13H15N3O3S/c1-19-10-5-2-4-9(8-10)16-11-6-3-7-12(13(11)14)20(15,17)18/h2-8,16H,14H2,1H3,(H2,15,17,18). The fourth-order valence-electron chi connectivity index (χ4n) is 1.76. The fourth-order valence-corrected chi connectivity index (χ4v) is 2.44. The topological polar surface area (TPSA) is 107 Å². The summed E-state index contributed by atoms with van der Waals surface area (Å²) in [6, 6.07) is 11.8. The van der Waals surface area contributed by atoms with Crippen molar-refractivity contribution in [2.24, 2.45) is 5.14 Å². The second kappa shape index (κ2) is 5.40. The van der Waals surface area contributed by atoms with Crippen LogP contribution >= 0.6 is 0 Å². The predicted octanol–water partition coefficient (Wildman–Crippen LogP) is 1.67. The van der Waals surface area contributed by atoms with Crippen LogP contribution in [-0.2, 0) is 10.0 Å². The van der Waals surface area contributed by atoms with Gasteiger partial charge in [-0.05, 0) is 24.3 Å². The molecule has 0 atom stereocenters. The molecule has 0 aliphatic carbocycles. The molecule has 0 aliphatic heterocycles. The molecule has 2 aromatic rings. The molecule has 7 heteroatoms. The van der Waals surface area contributed by atoms with Crippen molar-refractivity contribution in [1.29, 1.82) is 0 Å². The zero-order valence-corrected chi connectivity index (χ0v) is 11.6. The largest absolute Gasteiger partial charge is 0.497 e. The van der Waals surface area contributed by atoms with E-state index in [-0.39, 0.29) is 10.6 Å². The zero-order valence-electron chi connectivity index (χ0n) is 10.8. The summed E-state index contributed by atoms with van der Waals surface area (Å²) in [5, 5.41) is 8.14. The quantitative estimate of drug-likeness (QED) is 0.743. The number of sulfonamides is 1. The number of hydrogen-bond donors (Lipinski definition) is 3. The van der Waals surface area contributed by atoms with E-state index < -0.39 is 10.0 Å². The van der Waals surface area contributed by atoms with Gasteiger partial charge in [-0.3, -0.25) is 0 Å². The number of nitrogen functional groups attached to an aromatic ring is 1. The Kier molecular flexibility index (Phi) is 3.82. The number of nitrogens with two attached hydrogens (primary N) is 2. The van der Waals surface area contributed by atoms with Crippen molar-refractivity contribution >= 4 is 27.1 Å². The summed E-state index contributed by atoms with van der Waals surface area (Å²) in [5.41, 5.74) is 7.10. The van der Waals surface area contributed by atoms with E-state index in [0.717, 1.165) is 5.69 Å². The van der Waals surface area contributed by atoms with Crippen molar-refractivity contribution in [3.05, 3.63) is 42.5 Å². The number of rotatable bonds is 4. The van der Waals surface area contributed by atoms with E-state index in [4.69, 9.17) is 15.6 Å². The summed E-state index contributed by atoms with van der Waals surface area (Å²) in [4.78, 5) is -0.106. The van der Waals surface area contributed by atoms with E-state index in [1.807, 2.05) is 6.07 Å². The Bertz CT molecular complexity index is 729. The van der Waals surface area contributed by atoms with E-state index in [1.54, 1.807) is 37.4 Å². The van der Waals surface area contributed by atoms with Gasteiger partial charge in [0.2, 0.25) is 10.0 Å². The maximum atomic E-state index is 11.4. The first kappa shape index (κ1) is 14.2. The molecule has 0 aliphatic rings. The average Bonchev–Trinajstić information content (AvgIpc) is 2.40. The highest BCUT2D eigenvalue weighted by Crippen LogP contribution is 2.29. The van der Waals surface area contributed by atoms with Crippen LogP contribution in [0.15, 0.2) is 47.4 Å². The second-order valence-corrected chi connectivity index (χ2v) is 5.65. The Morgan fingerprint density at radius 3 is 2.50 bits per heavy atom. The molecule has 0 fully saturated rings. The predicted molar refractivity (Wildman–Crippen MR) is 78.5 cm³/mol. The summed E-state index contributed by atoms with van der Waals surface area (Å²) in [6.45, 7) is 0. The maximum absolute atomic E-state index is 11.4. The SMILES string of the molecule is COc1cccc(Nc2cccc(S(N)(=O)=O)c2N)c1. The minimum absolute atomic E-state index is 0.0813. The molecular weight excluding hydrogens is 278 g/mol. The molecular formula is C13H15N3O3S. The van der Waals surface area contributed by atoms with Crippen molar-refractivity contribution in [2.45, 2.75) is 4.90 Å². The summed E-state index contributed by atoms with van der Waals surface area (Å²) < 4.78 is 27.9. The van der Waals surface area contributed by atoms with Gasteiger partial charge in [0.05, 0.1) is 18.5 Å². The van der Waals surface area contributed by atoms with E-state index >= 15 is 0 Å². The van der Waals surface area contributed by atoms with E-state index in [2.05, 4.69) is 5.32 Å². The van der Waals surface area contributed by atoms with E-state index in [1.165, 1.54) is 6.07 Å². The van der Waals surface area contributed by atoms with Gasteiger partial charge in [0.1, 0.15) is 10.6 Å². The van der Waals surface area contributed by atoms with Crippen LogP contribution in [0, 0.1) is 0 Å². The first-order valence-electron chi connectivity index (χ1n) is 5.74. The Morgan fingerprint density at radius 2 is 1.85 bits per heavy atom. The van der Waals surface area contributed by atoms with Gasteiger partial charge in [-0.2, -0.15) is 0 Å². The lowest BCUT2D eigenvalue weighted by molar-refractivity contribution is 0.415. The second-order valence-electron chi connectivity index (χ2n) is 4.12. The molecule has 2 rings (SSSR count). The van der Waals surface area contributed by atoms with Gasteiger partial charge in [0, 0.05) is 11.8 Å². The number of benzene rings is 2. The molecule has 6 nitrogen and oxygen atoms in total. The van der Waals surface area contributed by atoms with Crippen molar-refractivity contribution < 1.29 is 13.2 Å². The van der Waals surface area contributed by atoms with E-state index in [9.17, 15) is 8.42 Å². The number of anilines is 3. The highest BCUT2D eigenvalue weighted by molar-refractivity contribution is 7.89. The van der Waals surface area contributed by atoms with Crippen molar-refractivity contribution in [3.8, 4) is 5.75 Å². The molecule has 0 saturated carbocycles. The molecule has 0 bridgehead atoms. The monoisotopic (exact) mass is 293 g/mol. The Labute approximate surface area is 117 Å². The van der Waals surface area contributed by atoms with Gasteiger partial charge in [-0.25, -0.2) is 13.6 Å². The molecule has 0 spiro atoms. The van der Waals surface area contributed by atoms with Gasteiger partial charge in [-0.15, -0.1) is 0 Å². The number of primary sulfonamides is 1. The summed E-state index contributed by atoms with van der Waals surface area (Å²) >= 11 is 0. The van der Waals surface area contributed by atoms with Gasteiger partial charge < -0.3 is 15.8 Å². The molecule has 106 valence electrons. The minimum atomic E-state index is -3.85. The van der Waals surface area contributed by atoms with Crippen LogP contribution in [0.5, 0.6) is 5.75 Å². The molecule has 0 heterocycles. The highest BCUT2D eigenvalue weighted by atomic mass is 32.2. The fraction of sp³-hybridized carbons (Fsp3) is 0.0769. The molecule has 0 saturated heterocycles. The molecule has 20 heavy (non-hydrogen) atoms. The van der Waals surface area contributed by atoms with Crippen molar-refractivity contribution in [2.75, 3.05) is 18.2 Å². The minimum Gasteiger partial charge on any atom is -0.497 e. The van der Waals surface area contributed by atoms with Crippen LogP contribution < -0.4 is 20.9 Å². The van der Waals surface area contributed by atoms with Crippen LogP contribution in [0.2, 0.25) is 0 Å². The lowest BCUT2D eigenvalue weighted by Gasteiger charge is -2.12. The Morgan fingerprint density at radius 1 is 1.15 bits per heavy atom. The number of methoxy groups -OCH3 is 1. The number of para-hydroxylation sites is 1. The third kappa shape index (κ3) is 3.01. The normalized spacial score (nSPS) is 11.1. The van der Waals surface area contributed by atoms with E-state index in [0.29, 0.717) is 11.4 Å². The van der Waals surface area contributed by atoms with Crippen molar-refractivity contribution in [1.82, 2.24) is 0 Å². The summed E-state index contributed by atoms with van der Waals surface area (Å²) in [5.74, 6) is 0.677. The van der Waals surface area contributed by atoms with Crippen LogP contribution in [-0.4, -0.2) is 15.5 Å². The number of nitrogens with one attached hydrogen (secondary N) is 1. The summed E-state index contributed by atoms with van der Waals surface area (Å²) in [7, 11) is -2.29. The number of hydrogen-bond acceptors (Lipinski definition) is 5.